The summed E-state index contributed by atoms with van der Waals surface area (Å²) in [5.41, 5.74) is 0. The SMILES string of the molecule is O=C(O)C(O)C(O)C(=O)O.[SeH2]. The van der Waals surface area contributed by atoms with Crippen molar-refractivity contribution >= 4 is 29.0 Å². The number of rotatable bonds is 3. The van der Waals surface area contributed by atoms with E-state index in [4.69, 9.17) is 20.4 Å². The first-order chi connectivity index (χ1) is 4.46. The van der Waals surface area contributed by atoms with Gasteiger partial charge in [0.1, 0.15) is 0 Å². The third kappa shape index (κ3) is 3.94. The second-order valence-electron chi connectivity index (χ2n) is 1.57. The molecule has 0 aromatic heterocycles. The van der Waals surface area contributed by atoms with Gasteiger partial charge in [-0.25, -0.2) is 9.59 Å². The quantitative estimate of drug-likeness (QED) is 0.384. The van der Waals surface area contributed by atoms with Crippen LogP contribution in [0.15, 0.2) is 0 Å². The molecule has 0 aromatic carbocycles. The normalized spacial score (nSPS) is 14.4. The van der Waals surface area contributed by atoms with E-state index >= 15 is 0 Å². The van der Waals surface area contributed by atoms with Gasteiger partial charge in [0.05, 0.1) is 0 Å². The first-order valence-corrected chi connectivity index (χ1v) is 2.28. The molecule has 0 aliphatic heterocycles. The zero-order valence-electron chi connectivity index (χ0n) is 5.26. The molecular weight excluding hydrogens is 223 g/mol. The van der Waals surface area contributed by atoms with Crippen molar-refractivity contribution in [3.8, 4) is 0 Å². The fourth-order valence-corrected chi connectivity index (χ4v) is 0.270. The van der Waals surface area contributed by atoms with Gasteiger partial charge in [0, 0.05) is 0 Å². The molecule has 0 aromatic rings. The van der Waals surface area contributed by atoms with Gasteiger partial charge in [0.2, 0.25) is 0 Å². The molecule has 0 rings (SSSR count). The van der Waals surface area contributed by atoms with E-state index in [0.717, 1.165) is 0 Å². The molecule has 6 nitrogen and oxygen atoms in total. The van der Waals surface area contributed by atoms with Crippen LogP contribution in [0.3, 0.4) is 0 Å². The summed E-state index contributed by atoms with van der Waals surface area (Å²) in [6, 6.07) is 0. The second-order valence-corrected chi connectivity index (χ2v) is 1.57. The van der Waals surface area contributed by atoms with Crippen molar-refractivity contribution in [3.63, 3.8) is 0 Å². The van der Waals surface area contributed by atoms with E-state index in [1.165, 1.54) is 0 Å². The van der Waals surface area contributed by atoms with Crippen molar-refractivity contribution in [3.05, 3.63) is 0 Å². The Hall–Kier alpha value is -0.621. The molecule has 0 aliphatic rings. The molecule has 2 atom stereocenters. The summed E-state index contributed by atoms with van der Waals surface area (Å²) in [7, 11) is 0. The fraction of sp³-hybridized carbons (Fsp3) is 0.500. The molecule has 11 heavy (non-hydrogen) atoms. The zero-order valence-corrected chi connectivity index (χ0v) is 7.36. The van der Waals surface area contributed by atoms with Crippen LogP contribution in [0.5, 0.6) is 0 Å². The molecule has 0 heterocycles. The molecule has 2 unspecified atom stereocenters. The Morgan fingerprint density at radius 3 is 1.18 bits per heavy atom. The predicted octanol–water partition coefficient (Wildman–Crippen LogP) is -3.04. The minimum absolute atomic E-state index is 0. The van der Waals surface area contributed by atoms with Gasteiger partial charge in [-0.05, 0) is 0 Å². The van der Waals surface area contributed by atoms with Gasteiger partial charge in [-0.2, -0.15) is 0 Å². The molecule has 0 bridgehead atoms. The Balaban J connectivity index is 0. The number of hydrogen-bond donors (Lipinski definition) is 4. The van der Waals surface area contributed by atoms with Gasteiger partial charge < -0.3 is 20.4 Å². The van der Waals surface area contributed by atoms with E-state index in [-0.39, 0.29) is 17.1 Å². The molecule has 7 heteroatoms. The Labute approximate surface area is 71.9 Å². The second kappa shape index (κ2) is 5.09. The Morgan fingerprint density at radius 2 is 1.09 bits per heavy atom. The van der Waals surface area contributed by atoms with Crippen molar-refractivity contribution in [2.75, 3.05) is 0 Å². The van der Waals surface area contributed by atoms with Crippen LogP contribution in [0, 0.1) is 0 Å². The fourth-order valence-electron chi connectivity index (χ4n) is 0.270. The van der Waals surface area contributed by atoms with Gasteiger partial charge in [0.15, 0.2) is 12.2 Å². The summed E-state index contributed by atoms with van der Waals surface area (Å²) >= 11 is 0. The van der Waals surface area contributed by atoms with Crippen LogP contribution in [0.2, 0.25) is 0 Å². The van der Waals surface area contributed by atoms with Gasteiger partial charge in [-0.3, -0.25) is 0 Å². The average molecular weight is 231 g/mol. The number of carboxylic acids is 2. The van der Waals surface area contributed by atoms with Crippen LogP contribution in [-0.2, 0) is 9.59 Å². The number of hydrogen-bond acceptors (Lipinski definition) is 4. The summed E-state index contributed by atoms with van der Waals surface area (Å²) in [6.07, 6.45) is -4.53. The number of aliphatic carboxylic acids is 2. The Morgan fingerprint density at radius 1 is 0.909 bits per heavy atom. The van der Waals surface area contributed by atoms with E-state index in [1.54, 1.807) is 0 Å². The summed E-state index contributed by atoms with van der Waals surface area (Å²) in [5.74, 6) is -3.54. The molecule has 0 amide bonds. The summed E-state index contributed by atoms with van der Waals surface area (Å²) in [4.78, 5) is 19.5. The topological polar surface area (TPSA) is 115 Å². The third-order valence-electron chi connectivity index (χ3n) is 0.805. The number of carbonyl (C=O) groups is 2. The number of aliphatic hydroxyl groups excluding tert-OH is 2. The van der Waals surface area contributed by atoms with Crippen LogP contribution >= 0.6 is 0 Å². The molecule has 0 saturated heterocycles. The van der Waals surface area contributed by atoms with E-state index < -0.39 is 24.1 Å². The maximum absolute atomic E-state index is 9.77. The zero-order chi connectivity index (χ0) is 8.31. The van der Waals surface area contributed by atoms with Crippen molar-refractivity contribution in [1.29, 1.82) is 0 Å². The van der Waals surface area contributed by atoms with Crippen LogP contribution < -0.4 is 0 Å². The first kappa shape index (κ1) is 13.0. The summed E-state index contributed by atoms with van der Waals surface area (Å²) in [6.45, 7) is 0. The van der Waals surface area contributed by atoms with Crippen LogP contribution in [0.4, 0.5) is 0 Å². The van der Waals surface area contributed by atoms with Crippen LogP contribution in [0.25, 0.3) is 0 Å². The molecule has 0 radical (unpaired) electrons. The van der Waals surface area contributed by atoms with Crippen molar-refractivity contribution < 1.29 is 30.0 Å². The maximum atomic E-state index is 9.77. The standard InChI is InChI=1S/C4H6O6.H2Se/c5-1(3(7)8)2(6)4(9)10;/h1-2,5-6H,(H,7,8)(H,9,10);1H2. The summed E-state index contributed by atoms with van der Waals surface area (Å²) < 4.78 is 0. The molecule has 4 N–H and O–H groups in total. The monoisotopic (exact) mass is 232 g/mol. The third-order valence-corrected chi connectivity index (χ3v) is 0.805. The first-order valence-electron chi connectivity index (χ1n) is 2.28. The van der Waals surface area contributed by atoms with Crippen molar-refractivity contribution in [2.24, 2.45) is 0 Å². The van der Waals surface area contributed by atoms with Crippen LogP contribution in [-0.4, -0.2) is 61.6 Å². The number of carboxylic acid groups (broad SMARTS) is 2. The molecule has 0 aliphatic carbocycles. The van der Waals surface area contributed by atoms with E-state index in [1.807, 2.05) is 0 Å². The molecule has 66 valence electrons. The molecule has 0 fully saturated rings. The summed E-state index contributed by atoms with van der Waals surface area (Å²) in [5, 5.41) is 32.5. The predicted molar refractivity (Wildman–Crippen MR) is 35.8 cm³/mol. The van der Waals surface area contributed by atoms with E-state index in [2.05, 4.69) is 0 Å². The molecular formula is C4H8O6Se. The average Bonchev–Trinajstić information content (AvgIpc) is 1.84. The molecule has 0 spiro atoms. The van der Waals surface area contributed by atoms with Crippen molar-refractivity contribution in [1.82, 2.24) is 0 Å². The van der Waals surface area contributed by atoms with E-state index in [9.17, 15) is 9.59 Å². The Kier molecular flexibility index (Phi) is 6.01. The van der Waals surface area contributed by atoms with Gasteiger partial charge in [0.25, 0.3) is 0 Å². The van der Waals surface area contributed by atoms with Gasteiger partial charge in [-0.1, -0.05) is 0 Å². The van der Waals surface area contributed by atoms with Gasteiger partial charge in [-0.15, -0.1) is 0 Å². The Bertz CT molecular complexity index is 139. The van der Waals surface area contributed by atoms with Crippen molar-refractivity contribution in [2.45, 2.75) is 12.2 Å². The number of aliphatic hydroxyl groups is 2. The minimum atomic E-state index is -2.27. The van der Waals surface area contributed by atoms with E-state index in [0.29, 0.717) is 0 Å². The molecule has 0 saturated carbocycles. The van der Waals surface area contributed by atoms with Crippen LogP contribution in [0.1, 0.15) is 0 Å². The van der Waals surface area contributed by atoms with Gasteiger partial charge >= 0.3 is 29.0 Å².